The molecule has 0 saturated heterocycles. The first-order valence-electron chi connectivity index (χ1n) is 9.60. The number of aryl methyl sites for hydroxylation is 2. The first-order chi connectivity index (χ1) is 12.4. The third kappa shape index (κ3) is 2.72. The summed E-state index contributed by atoms with van der Waals surface area (Å²) in [6, 6.07) is 5.33. The van der Waals surface area contributed by atoms with Crippen molar-refractivity contribution in [3.8, 4) is 0 Å². The Morgan fingerprint density at radius 1 is 0.885 bits per heavy atom. The first kappa shape index (κ1) is 17.8. The lowest BCUT2D eigenvalue weighted by Gasteiger charge is -2.33. The number of hydrogen-bond acceptors (Lipinski definition) is 3. The van der Waals surface area contributed by atoms with E-state index in [2.05, 4.69) is 0 Å². The van der Waals surface area contributed by atoms with Crippen LogP contribution in [-0.4, -0.2) is 33.9 Å². The van der Waals surface area contributed by atoms with Crippen LogP contribution in [-0.2, 0) is 24.1 Å². The van der Waals surface area contributed by atoms with Crippen LogP contribution in [0.4, 0.5) is 0 Å². The van der Waals surface area contributed by atoms with Crippen molar-refractivity contribution < 1.29 is 8.42 Å². The molecule has 0 amide bonds. The third-order valence-corrected chi connectivity index (χ3v) is 8.19. The van der Waals surface area contributed by atoms with Crippen molar-refractivity contribution in [1.29, 1.82) is 0 Å². The number of benzene rings is 1. The largest absolute Gasteiger partial charge is 0.328 e. The van der Waals surface area contributed by atoms with Gasteiger partial charge in [-0.1, -0.05) is 25.7 Å². The molecule has 7 heteroatoms. The van der Waals surface area contributed by atoms with Gasteiger partial charge in [0.15, 0.2) is 0 Å². The van der Waals surface area contributed by atoms with Crippen LogP contribution in [0.2, 0.25) is 0 Å². The molecule has 0 atom stereocenters. The van der Waals surface area contributed by atoms with Gasteiger partial charge >= 0.3 is 5.69 Å². The monoisotopic (exact) mass is 377 g/mol. The quantitative estimate of drug-likeness (QED) is 0.823. The summed E-state index contributed by atoms with van der Waals surface area (Å²) in [5.41, 5.74) is 1.28. The van der Waals surface area contributed by atoms with Crippen LogP contribution in [0.3, 0.4) is 0 Å². The Morgan fingerprint density at radius 2 is 1.38 bits per heavy atom. The van der Waals surface area contributed by atoms with Gasteiger partial charge in [0.2, 0.25) is 10.0 Å². The van der Waals surface area contributed by atoms with Crippen molar-refractivity contribution in [2.24, 2.45) is 14.1 Å². The maximum atomic E-state index is 13.6. The lowest BCUT2D eigenvalue weighted by atomic mass is 10.2. The van der Waals surface area contributed by atoms with E-state index in [-0.39, 0.29) is 17.8 Å². The highest BCUT2D eigenvalue weighted by atomic mass is 32.2. The molecular formula is C19H27N3O3S. The number of aromatic nitrogens is 2. The van der Waals surface area contributed by atoms with Crippen molar-refractivity contribution in [1.82, 2.24) is 13.4 Å². The molecule has 0 bridgehead atoms. The van der Waals surface area contributed by atoms with E-state index in [0.717, 1.165) is 56.9 Å². The van der Waals surface area contributed by atoms with Crippen molar-refractivity contribution in [2.45, 2.75) is 68.3 Å². The second-order valence-corrected chi connectivity index (χ2v) is 9.61. The number of imidazole rings is 1. The fourth-order valence-electron chi connectivity index (χ4n) is 4.78. The summed E-state index contributed by atoms with van der Waals surface area (Å²) in [5, 5.41) is 0. The van der Waals surface area contributed by atoms with E-state index >= 15 is 0 Å². The minimum absolute atomic E-state index is 0.124. The summed E-state index contributed by atoms with van der Waals surface area (Å²) in [6.45, 7) is 0. The van der Waals surface area contributed by atoms with Gasteiger partial charge < -0.3 is 0 Å². The number of sulfonamides is 1. The van der Waals surface area contributed by atoms with Gasteiger partial charge in [0, 0.05) is 26.2 Å². The van der Waals surface area contributed by atoms with Crippen LogP contribution in [0.15, 0.2) is 27.9 Å². The number of fused-ring (bicyclic) bond motifs is 1. The minimum atomic E-state index is -3.57. The second kappa shape index (κ2) is 6.53. The van der Waals surface area contributed by atoms with E-state index in [9.17, 15) is 13.2 Å². The molecule has 1 aromatic carbocycles. The molecule has 4 rings (SSSR count). The Bertz CT molecular complexity index is 961. The minimum Gasteiger partial charge on any atom is -0.295 e. The summed E-state index contributed by atoms with van der Waals surface area (Å²) in [7, 11) is -0.173. The zero-order chi connectivity index (χ0) is 18.5. The highest BCUT2D eigenvalue weighted by Crippen LogP contribution is 2.36. The molecule has 0 unspecified atom stereocenters. The van der Waals surface area contributed by atoms with Gasteiger partial charge in [-0.3, -0.25) is 9.13 Å². The van der Waals surface area contributed by atoms with Gasteiger partial charge in [0.25, 0.3) is 0 Å². The molecule has 2 aliphatic rings. The lowest BCUT2D eigenvalue weighted by molar-refractivity contribution is 0.252. The molecule has 1 heterocycles. The second-order valence-electron chi connectivity index (χ2n) is 7.76. The van der Waals surface area contributed by atoms with Crippen molar-refractivity contribution in [3.05, 3.63) is 28.7 Å². The van der Waals surface area contributed by atoms with Crippen LogP contribution in [0.5, 0.6) is 0 Å². The van der Waals surface area contributed by atoms with Gasteiger partial charge in [-0.15, -0.1) is 0 Å². The Hall–Kier alpha value is -1.60. The van der Waals surface area contributed by atoms with Crippen LogP contribution < -0.4 is 5.69 Å². The van der Waals surface area contributed by atoms with Gasteiger partial charge in [-0.25, -0.2) is 13.2 Å². The highest BCUT2D eigenvalue weighted by Gasteiger charge is 2.39. The van der Waals surface area contributed by atoms with E-state index in [4.69, 9.17) is 0 Å². The number of hydrogen-bond donors (Lipinski definition) is 0. The fraction of sp³-hybridized carbons (Fsp3) is 0.632. The zero-order valence-electron chi connectivity index (χ0n) is 15.5. The van der Waals surface area contributed by atoms with Gasteiger partial charge in [0.05, 0.1) is 15.9 Å². The third-order valence-electron chi connectivity index (χ3n) is 6.19. The molecule has 26 heavy (non-hydrogen) atoms. The molecule has 0 radical (unpaired) electrons. The predicted molar refractivity (Wildman–Crippen MR) is 102 cm³/mol. The Morgan fingerprint density at radius 3 is 1.92 bits per heavy atom. The molecule has 0 spiro atoms. The molecule has 2 saturated carbocycles. The number of nitrogens with zero attached hydrogens (tertiary/aromatic N) is 3. The molecule has 142 valence electrons. The van der Waals surface area contributed by atoms with Gasteiger partial charge in [0.1, 0.15) is 0 Å². The van der Waals surface area contributed by atoms with Gasteiger partial charge in [-0.2, -0.15) is 4.31 Å². The van der Waals surface area contributed by atoms with Gasteiger partial charge in [-0.05, 0) is 43.9 Å². The highest BCUT2D eigenvalue weighted by molar-refractivity contribution is 7.89. The number of rotatable bonds is 4. The predicted octanol–water partition coefficient (Wildman–Crippen LogP) is 2.75. The molecule has 1 aromatic heterocycles. The Balaban J connectivity index is 1.81. The normalized spacial score (nSPS) is 20.0. The van der Waals surface area contributed by atoms with Crippen LogP contribution in [0.1, 0.15) is 51.4 Å². The zero-order valence-corrected chi connectivity index (χ0v) is 16.3. The smallest absolute Gasteiger partial charge is 0.295 e. The van der Waals surface area contributed by atoms with Crippen molar-refractivity contribution >= 4 is 21.1 Å². The van der Waals surface area contributed by atoms with Crippen LogP contribution >= 0.6 is 0 Å². The average Bonchev–Trinajstić information content (AvgIpc) is 3.37. The summed E-state index contributed by atoms with van der Waals surface area (Å²) in [5.74, 6) is 0. The van der Waals surface area contributed by atoms with Crippen molar-refractivity contribution in [2.75, 3.05) is 0 Å². The Labute approximate surface area is 154 Å². The van der Waals surface area contributed by atoms with E-state index in [1.807, 2.05) is 4.31 Å². The molecule has 2 aliphatic carbocycles. The van der Waals surface area contributed by atoms with E-state index in [1.54, 1.807) is 36.9 Å². The topological polar surface area (TPSA) is 64.3 Å². The molecule has 2 aromatic rings. The molecule has 2 fully saturated rings. The first-order valence-corrected chi connectivity index (χ1v) is 11.0. The van der Waals surface area contributed by atoms with E-state index in [0.29, 0.717) is 10.4 Å². The summed E-state index contributed by atoms with van der Waals surface area (Å²) in [6.07, 6.45) is 8.27. The Kier molecular flexibility index (Phi) is 4.47. The van der Waals surface area contributed by atoms with E-state index in [1.165, 1.54) is 4.57 Å². The summed E-state index contributed by atoms with van der Waals surface area (Å²) in [4.78, 5) is 12.5. The van der Waals surface area contributed by atoms with Crippen LogP contribution in [0, 0.1) is 0 Å². The summed E-state index contributed by atoms with van der Waals surface area (Å²) < 4.78 is 32.1. The standard InChI is InChI=1S/C19H27N3O3S/c1-20-17-12-11-16(13-18(17)21(2)19(20)23)26(24,25)22(14-7-3-4-8-14)15-9-5-6-10-15/h11-15H,3-10H2,1-2H3. The van der Waals surface area contributed by atoms with Crippen LogP contribution in [0.25, 0.3) is 11.0 Å². The SMILES string of the molecule is Cn1c(=O)n(C)c2cc(S(=O)(=O)N(C3CCCC3)C3CCCC3)ccc21. The van der Waals surface area contributed by atoms with Crippen molar-refractivity contribution in [3.63, 3.8) is 0 Å². The molecule has 0 aliphatic heterocycles. The summed E-state index contributed by atoms with van der Waals surface area (Å²) >= 11 is 0. The average molecular weight is 378 g/mol. The molecule has 0 N–H and O–H groups in total. The fourth-order valence-corrected chi connectivity index (χ4v) is 6.73. The maximum absolute atomic E-state index is 13.6. The molecule has 6 nitrogen and oxygen atoms in total. The maximum Gasteiger partial charge on any atom is 0.328 e. The lowest BCUT2D eigenvalue weighted by Crippen LogP contribution is -2.45. The van der Waals surface area contributed by atoms with E-state index < -0.39 is 10.0 Å². The molecular weight excluding hydrogens is 350 g/mol.